The van der Waals surface area contributed by atoms with E-state index in [1.54, 1.807) is 4.90 Å². The normalized spacial score (nSPS) is 18.7. The summed E-state index contributed by atoms with van der Waals surface area (Å²) in [5.74, 6) is -0.298. The fourth-order valence-electron chi connectivity index (χ4n) is 4.99. The number of hydrogen-bond donors (Lipinski definition) is 0. The molecule has 1 unspecified atom stereocenters. The van der Waals surface area contributed by atoms with Crippen molar-refractivity contribution >= 4 is 23.3 Å². The number of hydrogen-bond acceptors (Lipinski definition) is 7. The molecule has 39 heavy (non-hydrogen) atoms. The van der Waals surface area contributed by atoms with E-state index in [9.17, 15) is 22.8 Å². The number of benzene rings is 2. The molecular formula is C28H27F3N4O4. The molecule has 0 saturated carbocycles. The molecule has 0 N–H and O–H groups in total. The van der Waals surface area contributed by atoms with E-state index in [4.69, 9.17) is 4.74 Å². The summed E-state index contributed by atoms with van der Waals surface area (Å²) in [6.45, 7) is 3.77. The van der Waals surface area contributed by atoms with Crippen LogP contribution < -0.4 is 4.74 Å². The lowest BCUT2D eigenvalue weighted by atomic mass is 9.83. The van der Waals surface area contributed by atoms with Crippen LogP contribution in [0.15, 0.2) is 68.8 Å². The number of Topliss-reactive ketones (excluding diaryl/α,β-unsaturated/α-hetero) is 1. The summed E-state index contributed by atoms with van der Waals surface area (Å²) in [5.41, 5.74) is 5.80. The van der Waals surface area contributed by atoms with Gasteiger partial charge < -0.3 is 14.4 Å². The van der Waals surface area contributed by atoms with E-state index in [0.29, 0.717) is 43.9 Å². The third-order valence-electron chi connectivity index (χ3n) is 6.99. The summed E-state index contributed by atoms with van der Waals surface area (Å²) in [5, 5.41) is 8.21. The van der Waals surface area contributed by atoms with Crippen molar-refractivity contribution in [3.05, 3.63) is 70.3 Å². The molecule has 3 aliphatic rings. The Morgan fingerprint density at radius 2 is 1.85 bits per heavy atom. The highest BCUT2D eigenvalue weighted by Crippen LogP contribution is 2.31. The summed E-state index contributed by atoms with van der Waals surface area (Å²) >= 11 is 0. The molecule has 1 amide bonds. The Morgan fingerprint density at radius 3 is 2.62 bits per heavy atom. The van der Waals surface area contributed by atoms with Crippen LogP contribution in [0.25, 0.3) is 0 Å². The zero-order valence-corrected chi connectivity index (χ0v) is 21.3. The van der Waals surface area contributed by atoms with Gasteiger partial charge in [0.05, 0.1) is 12.2 Å². The molecule has 0 aliphatic carbocycles. The zero-order chi connectivity index (χ0) is 27.6. The minimum absolute atomic E-state index is 0.0410. The van der Waals surface area contributed by atoms with Crippen LogP contribution in [0, 0.1) is 5.92 Å². The van der Waals surface area contributed by atoms with E-state index >= 15 is 0 Å². The number of nitrogens with zero attached hydrogens (tertiary/aromatic N) is 4. The number of amides is 1. The highest BCUT2D eigenvalue weighted by molar-refractivity contribution is 6.46. The number of rotatable bonds is 6. The van der Waals surface area contributed by atoms with Gasteiger partial charge in [0.25, 0.3) is 0 Å². The summed E-state index contributed by atoms with van der Waals surface area (Å²) in [4.78, 5) is 32.3. The second kappa shape index (κ2) is 11.0. The molecule has 204 valence electrons. The molecule has 5 rings (SSSR count). The molecule has 3 heterocycles. The van der Waals surface area contributed by atoms with Crippen molar-refractivity contribution in [2.75, 3.05) is 26.2 Å². The van der Waals surface area contributed by atoms with Crippen molar-refractivity contribution in [1.82, 2.24) is 4.90 Å². The molecule has 1 atom stereocenters. The lowest BCUT2D eigenvalue weighted by Crippen LogP contribution is -2.42. The molecule has 8 nitrogen and oxygen atoms in total. The van der Waals surface area contributed by atoms with Crippen molar-refractivity contribution < 1.29 is 32.2 Å². The van der Waals surface area contributed by atoms with Crippen LogP contribution in [-0.4, -0.2) is 55.0 Å². The molecule has 0 radical (unpaired) electrons. The number of dihydropyridines is 1. The van der Waals surface area contributed by atoms with Crippen molar-refractivity contribution in [3.8, 4) is 5.75 Å². The number of carbonyl (C=O) groups excluding carboxylic acids is 2. The molecule has 0 fully saturated rings. The summed E-state index contributed by atoms with van der Waals surface area (Å²) in [6, 6.07) is 11.0. The summed E-state index contributed by atoms with van der Waals surface area (Å²) < 4.78 is 46.3. The van der Waals surface area contributed by atoms with Crippen LogP contribution in [0.5, 0.6) is 5.75 Å². The predicted octanol–water partition coefficient (Wildman–Crippen LogP) is 5.77. The van der Waals surface area contributed by atoms with Gasteiger partial charge in [-0.1, -0.05) is 31.2 Å². The average molecular weight is 541 g/mol. The predicted molar refractivity (Wildman–Crippen MR) is 136 cm³/mol. The van der Waals surface area contributed by atoms with E-state index in [1.807, 2.05) is 25.1 Å². The number of alkyl halides is 3. The first-order valence-electron chi connectivity index (χ1n) is 12.7. The zero-order valence-electron chi connectivity index (χ0n) is 21.3. The fraction of sp³-hybridized carbons (Fsp3) is 0.393. The minimum atomic E-state index is -4.77. The third-order valence-corrected chi connectivity index (χ3v) is 6.99. The van der Waals surface area contributed by atoms with Gasteiger partial charge in [-0.15, -0.1) is 13.2 Å². The van der Waals surface area contributed by atoms with E-state index in [1.165, 1.54) is 24.3 Å². The lowest BCUT2D eigenvalue weighted by Gasteiger charge is -2.35. The summed E-state index contributed by atoms with van der Waals surface area (Å²) in [6.07, 6.45) is -3.75. The first-order valence-corrected chi connectivity index (χ1v) is 12.7. The van der Waals surface area contributed by atoms with E-state index in [2.05, 4.69) is 20.0 Å². The number of halogens is 3. The standard InChI is InChI=1S/C28H27F3N4O4/c1-17-14-32-26(25(36)13-19-4-7-24-20(12-19)8-10-33-34-24)22-9-11-35(15-23(17)22)27(37)38-16-18-2-5-21(6-3-18)39-28(29,30)31/h2-7,12,17H,8-11,13-16H2,1H3. The van der Waals surface area contributed by atoms with Crippen molar-refractivity contribution in [2.24, 2.45) is 21.1 Å². The Hall–Kier alpha value is -4.02. The number of ether oxygens (including phenoxy) is 2. The SMILES string of the molecule is CC1CN=C(C(=O)Cc2ccc3c(c2)CCN=N3)C2=C1CN(C(=O)OCc1ccc(OC(F)(F)F)cc1)CC2. The van der Waals surface area contributed by atoms with Gasteiger partial charge in [-0.3, -0.25) is 9.79 Å². The largest absolute Gasteiger partial charge is 0.573 e. The Bertz CT molecular complexity index is 1370. The quantitative estimate of drug-likeness (QED) is 0.465. The molecule has 0 saturated heterocycles. The molecule has 11 heteroatoms. The Kier molecular flexibility index (Phi) is 7.49. The van der Waals surface area contributed by atoms with E-state index < -0.39 is 12.5 Å². The number of carbonyl (C=O) groups is 2. The molecule has 2 aromatic carbocycles. The highest BCUT2D eigenvalue weighted by Gasteiger charge is 2.33. The number of ketones is 1. The smallest absolute Gasteiger partial charge is 0.445 e. The van der Waals surface area contributed by atoms with Gasteiger partial charge in [0.2, 0.25) is 0 Å². The summed E-state index contributed by atoms with van der Waals surface area (Å²) in [7, 11) is 0. The fourth-order valence-corrected chi connectivity index (χ4v) is 4.99. The number of fused-ring (bicyclic) bond motifs is 1. The van der Waals surface area contributed by atoms with Gasteiger partial charge in [-0.25, -0.2) is 4.79 Å². The molecule has 0 bridgehead atoms. The highest BCUT2D eigenvalue weighted by atomic mass is 19.4. The van der Waals surface area contributed by atoms with Gasteiger partial charge >= 0.3 is 12.5 Å². The number of azo groups is 1. The van der Waals surface area contributed by atoms with Gasteiger partial charge in [0.15, 0.2) is 5.78 Å². The maximum Gasteiger partial charge on any atom is 0.573 e. The Morgan fingerprint density at radius 1 is 1.08 bits per heavy atom. The van der Waals surface area contributed by atoms with Crippen LogP contribution in [-0.2, 0) is 29.0 Å². The molecule has 0 spiro atoms. The lowest BCUT2D eigenvalue weighted by molar-refractivity contribution is -0.274. The molecule has 2 aromatic rings. The van der Waals surface area contributed by atoms with Gasteiger partial charge in [0.1, 0.15) is 18.1 Å². The van der Waals surface area contributed by atoms with Crippen molar-refractivity contribution in [2.45, 2.75) is 39.2 Å². The Labute approximate surface area is 223 Å². The Balaban J connectivity index is 1.20. The maximum atomic E-state index is 13.3. The number of aliphatic imine (C=N–C) groups is 1. The van der Waals surface area contributed by atoms with Crippen LogP contribution in [0.4, 0.5) is 23.7 Å². The van der Waals surface area contributed by atoms with Gasteiger partial charge in [0, 0.05) is 26.1 Å². The molecule has 0 aromatic heterocycles. The van der Waals surface area contributed by atoms with Crippen LogP contribution in [0.1, 0.15) is 30.0 Å². The third kappa shape index (κ3) is 6.35. The van der Waals surface area contributed by atoms with Crippen LogP contribution in [0.2, 0.25) is 0 Å². The second-order valence-corrected chi connectivity index (χ2v) is 9.79. The van der Waals surface area contributed by atoms with Gasteiger partial charge in [-0.2, -0.15) is 10.2 Å². The van der Waals surface area contributed by atoms with Crippen molar-refractivity contribution in [1.29, 1.82) is 0 Å². The van der Waals surface area contributed by atoms with E-state index in [0.717, 1.165) is 34.4 Å². The molecule has 3 aliphatic heterocycles. The van der Waals surface area contributed by atoms with Crippen LogP contribution in [0.3, 0.4) is 0 Å². The first-order chi connectivity index (χ1) is 18.7. The van der Waals surface area contributed by atoms with Crippen molar-refractivity contribution in [3.63, 3.8) is 0 Å². The van der Waals surface area contributed by atoms with Gasteiger partial charge in [-0.05, 0) is 64.8 Å². The van der Waals surface area contributed by atoms with Crippen LogP contribution >= 0.6 is 0 Å². The first kappa shape index (κ1) is 26.6. The maximum absolute atomic E-state index is 13.3. The molecular weight excluding hydrogens is 513 g/mol. The monoisotopic (exact) mass is 540 g/mol. The average Bonchev–Trinajstić information content (AvgIpc) is 2.91. The van der Waals surface area contributed by atoms with E-state index in [-0.39, 0.29) is 30.5 Å². The second-order valence-electron chi connectivity index (χ2n) is 9.79. The topological polar surface area (TPSA) is 92.9 Å². The minimum Gasteiger partial charge on any atom is -0.445 e.